The average Bonchev–Trinajstić information content (AvgIpc) is 2.45. The largest absolute Gasteiger partial charge is 0.378 e. The minimum absolute atomic E-state index is 0.120. The van der Waals surface area contributed by atoms with E-state index in [9.17, 15) is 0 Å². The highest BCUT2D eigenvalue weighted by atomic mass is 16.5. The molecule has 2 atom stereocenters. The lowest BCUT2D eigenvalue weighted by atomic mass is 9.64. The summed E-state index contributed by atoms with van der Waals surface area (Å²) < 4.78 is 5.80. The number of rotatable bonds is 6. The van der Waals surface area contributed by atoms with E-state index in [1.807, 2.05) is 7.05 Å². The van der Waals surface area contributed by atoms with Crippen molar-refractivity contribution in [2.45, 2.75) is 59.1 Å². The van der Waals surface area contributed by atoms with Crippen molar-refractivity contribution in [3.63, 3.8) is 0 Å². The van der Waals surface area contributed by atoms with Crippen molar-refractivity contribution in [3.05, 3.63) is 11.9 Å². The number of hydrogen-bond donors (Lipinski definition) is 2. The van der Waals surface area contributed by atoms with E-state index < -0.39 is 0 Å². The molecule has 0 aliphatic heterocycles. The fourth-order valence-electron chi connectivity index (χ4n) is 3.04. The smallest absolute Gasteiger partial charge is 0.135 e. The quantitative estimate of drug-likeness (QED) is 0.843. The van der Waals surface area contributed by atoms with Gasteiger partial charge in [0.25, 0.3) is 0 Å². The van der Waals surface area contributed by atoms with Gasteiger partial charge in [-0.15, -0.1) is 0 Å². The van der Waals surface area contributed by atoms with Crippen LogP contribution in [0.2, 0.25) is 0 Å². The first-order valence-electron chi connectivity index (χ1n) is 7.82. The van der Waals surface area contributed by atoms with Crippen LogP contribution >= 0.6 is 0 Å². The maximum atomic E-state index is 5.80. The maximum Gasteiger partial charge on any atom is 0.135 e. The molecular weight excluding hydrogens is 264 g/mol. The Kier molecular flexibility index (Phi) is 4.71. The highest BCUT2D eigenvalue weighted by Gasteiger charge is 2.49. The third-order valence-electron chi connectivity index (χ3n) is 4.55. The zero-order valence-electron chi connectivity index (χ0n) is 14.0. The second kappa shape index (κ2) is 6.18. The molecule has 2 rings (SSSR count). The van der Waals surface area contributed by atoms with Crippen LogP contribution in [0.3, 0.4) is 0 Å². The molecule has 21 heavy (non-hydrogen) atoms. The first-order valence-corrected chi connectivity index (χ1v) is 7.82. The SMILES string of the molecule is CCOC1CC(Nc2ncnc(NC)c2C(C)C)C1(C)C. The molecule has 0 saturated heterocycles. The van der Waals surface area contributed by atoms with Crippen LogP contribution in [0.4, 0.5) is 11.6 Å². The molecule has 2 unspecified atom stereocenters. The molecule has 5 heteroatoms. The van der Waals surface area contributed by atoms with Gasteiger partial charge in [0, 0.05) is 30.7 Å². The van der Waals surface area contributed by atoms with Crippen molar-refractivity contribution in [3.8, 4) is 0 Å². The van der Waals surface area contributed by atoms with Crippen LogP contribution in [-0.2, 0) is 4.74 Å². The van der Waals surface area contributed by atoms with Crippen LogP contribution in [0.5, 0.6) is 0 Å². The Morgan fingerprint density at radius 3 is 2.52 bits per heavy atom. The van der Waals surface area contributed by atoms with Gasteiger partial charge in [0.05, 0.1) is 6.10 Å². The van der Waals surface area contributed by atoms with E-state index in [2.05, 4.69) is 55.2 Å². The predicted octanol–water partition coefficient (Wildman–Crippen LogP) is 3.26. The van der Waals surface area contributed by atoms with Gasteiger partial charge >= 0.3 is 0 Å². The molecule has 1 aromatic rings. The van der Waals surface area contributed by atoms with E-state index in [0.29, 0.717) is 18.1 Å². The number of nitrogens with one attached hydrogen (secondary N) is 2. The van der Waals surface area contributed by atoms with Crippen LogP contribution in [0.1, 0.15) is 52.5 Å². The molecule has 0 bridgehead atoms. The third kappa shape index (κ3) is 2.98. The number of ether oxygens (including phenoxy) is 1. The summed E-state index contributed by atoms with van der Waals surface area (Å²) in [6.45, 7) is 11.7. The Bertz CT molecular complexity index is 487. The lowest BCUT2D eigenvalue weighted by Gasteiger charge is -2.52. The topological polar surface area (TPSA) is 59.1 Å². The van der Waals surface area contributed by atoms with Crippen molar-refractivity contribution in [2.24, 2.45) is 5.41 Å². The molecule has 0 radical (unpaired) electrons. The zero-order chi connectivity index (χ0) is 15.6. The van der Waals surface area contributed by atoms with E-state index in [-0.39, 0.29) is 5.41 Å². The van der Waals surface area contributed by atoms with E-state index >= 15 is 0 Å². The Hall–Kier alpha value is -1.36. The first kappa shape index (κ1) is 16.0. The number of hydrogen-bond acceptors (Lipinski definition) is 5. The second-order valence-electron chi connectivity index (χ2n) is 6.59. The predicted molar refractivity (Wildman–Crippen MR) is 86.9 cm³/mol. The van der Waals surface area contributed by atoms with Gasteiger partial charge in [-0.3, -0.25) is 0 Å². The summed E-state index contributed by atoms with van der Waals surface area (Å²) in [7, 11) is 1.90. The minimum Gasteiger partial charge on any atom is -0.378 e. The highest BCUT2D eigenvalue weighted by molar-refractivity contribution is 5.59. The molecule has 0 aromatic carbocycles. The molecular formula is C16H28N4O. The summed E-state index contributed by atoms with van der Waals surface area (Å²) in [6.07, 6.45) is 2.97. The Morgan fingerprint density at radius 2 is 2.00 bits per heavy atom. The van der Waals surface area contributed by atoms with Crippen LogP contribution in [0, 0.1) is 5.41 Å². The molecule has 1 aliphatic rings. The minimum atomic E-state index is 0.120. The molecule has 1 saturated carbocycles. The number of aromatic nitrogens is 2. The standard InChI is InChI=1S/C16H28N4O/c1-7-21-12-8-11(16(12,4)5)20-15-13(10(2)3)14(17-6)18-9-19-15/h9-12H,7-8H2,1-6H3,(H2,17,18,19,20). The maximum absolute atomic E-state index is 5.80. The average molecular weight is 292 g/mol. The number of anilines is 2. The van der Waals surface area contributed by atoms with Crippen molar-refractivity contribution in [1.29, 1.82) is 0 Å². The van der Waals surface area contributed by atoms with Gasteiger partial charge in [-0.1, -0.05) is 27.7 Å². The fraction of sp³-hybridized carbons (Fsp3) is 0.750. The molecule has 5 nitrogen and oxygen atoms in total. The second-order valence-corrected chi connectivity index (χ2v) is 6.59. The monoisotopic (exact) mass is 292 g/mol. The summed E-state index contributed by atoms with van der Waals surface area (Å²) in [5.41, 5.74) is 1.27. The molecule has 2 N–H and O–H groups in total. The van der Waals surface area contributed by atoms with Gasteiger partial charge in [0.1, 0.15) is 18.0 Å². The molecule has 1 aromatic heterocycles. The molecule has 1 heterocycles. The van der Waals surface area contributed by atoms with Crippen molar-refractivity contribution >= 4 is 11.6 Å². The van der Waals surface area contributed by atoms with Crippen molar-refractivity contribution < 1.29 is 4.74 Å². The van der Waals surface area contributed by atoms with Crippen LogP contribution in [0.15, 0.2) is 6.33 Å². The fourth-order valence-corrected chi connectivity index (χ4v) is 3.04. The van der Waals surface area contributed by atoms with E-state index in [4.69, 9.17) is 4.74 Å². The molecule has 118 valence electrons. The Labute approximate surface area is 127 Å². The van der Waals surface area contributed by atoms with Crippen LogP contribution in [0.25, 0.3) is 0 Å². The third-order valence-corrected chi connectivity index (χ3v) is 4.55. The van der Waals surface area contributed by atoms with Gasteiger partial charge in [-0.25, -0.2) is 9.97 Å². The van der Waals surface area contributed by atoms with E-state index in [1.54, 1.807) is 6.33 Å². The number of nitrogens with zero attached hydrogens (tertiary/aromatic N) is 2. The molecule has 0 spiro atoms. The molecule has 0 amide bonds. The van der Waals surface area contributed by atoms with Crippen LogP contribution < -0.4 is 10.6 Å². The van der Waals surface area contributed by atoms with Gasteiger partial charge < -0.3 is 15.4 Å². The highest BCUT2D eigenvalue weighted by Crippen LogP contribution is 2.45. The summed E-state index contributed by atoms with van der Waals surface area (Å²) in [5.74, 6) is 2.21. The summed E-state index contributed by atoms with van der Waals surface area (Å²) in [5, 5.41) is 6.77. The van der Waals surface area contributed by atoms with Crippen molar-refractivity contribution in [2.75, 3.05) is 24.3 Å². The summed E-state index contributed by atoms with van der Waals surface area (Å²) in [4.78, 5) is 8.79. The molecule has 1 aliphatic carbocycles. The summed E-state index contributed by atoms with van der Waals surface area (Å²) in [6, 6.07) is 0.381. The van der Waals surface area contributed by atoms with E-state index in [0.717, 1.165) is 30.2 Å². The normalized spacial score (nSPS) is 23.8. The first-order chi connectivity index (χ1) is 9.91. The van der Waals surface area contributed by atoms with Gasteiger partial charge in [0.15, 0.2) is 0 Å². The lowest BCUT2D eigenvalue weighted by molar-refractivity contribution is -0.0976. The van der Waals surface area contributed by atoms with Gasteiger partial charge in [-0.2, -0.15) is 0 Å². The Balaban J connectivity index is 2.18. The lowest BCUT2D eigenvalue weighted by Crippen LogP contribution is -2.58. The Morgan fingerprint density at radius 1 is 1.33 bits per heavy atom. The zero-order valence-corrected chi connectivity index (χ0v) is 14.0. The van der Waals surface area contributed by atoms with Crippen LogP contribution in [-0.4, -0.2) is 35.8 Å². The van der Waals surface area contributed by atoms with E-state index in [1.165, 1.54) is 0 Å². The summed E-state index contributed by atoms with van der Waals surface area (Å²) >= 11 is 0. The molecule has 1 fully saturated rings. The van der Waals surface area contributed by atoms with Crippen molar-refractivity contribution in [1.82, 2.24) is 9.97 Å². The van der Waals surface area contributed by atoms with Gasteiger partial charge in [0.2, 0.25) is 0 Å². The van der Waals surface area contributed by atoms with Gasteiger partial charge in [-0.05, 0) is 19.3 Å².